The second kappa shape index (κ2) is 9.19. The molecule has 0 aliphatic heterocycles. The molecule has 8 heteroatoms. The van der Waals surface area contributed by atoms with Crippen LogP contribution < -0.4 is 14.8 Å². The van der Waals surface area contributed by atoms with Gasteiger partial charge in [-0.3, -0.25) is 9.52 Å². The van der Waals surface area contributed by atoms with Gasteiger partial charge in [0.25, 0.3) is 15.9 Å². The third kappa shape index (κ3) is 5.52. The Kier molecular flexibility index (Phi) is 6.64. The lowest BCUT2D eigenvalue weighted by atomic mass is 10.2. The van der Waals surface area contributed by atoms with Crippen LogP contribution in [0.4, 0.5) is 11.4 Å². The zero-order valence-electron chi connectivity index (χ0n) is 16.4. The van der Waals surface area contributed by atoms with E-state index in [9.17, 15) is 13.2 Å². The lowest BCUT2D eigenvalue weighted by Gasteiger charge is -2.13. The van der Waals surface area contributed by atoms with Crippen molar-refractivity contribution >= 4 is 38.9 Å². The second-order valence-electron chi connectivity index (χ2n) is 6.76. The van der Waals surface area contributed by atoms with Crippen LogP contribution in [0.3, 0.4) is 0 Å². The summed E-state index contributed by atoms with van der Waals surface area (Å²) in [5.41, 5.74) is 0.898. The number of anilines is 2. The number of hydrogen-bond donors (Lipinski definition) is 2. The summed E-state index contributed by atoms with van der Waals surface area (Å²) in [6, 6.07) is 19.3. The number of ether oxygens (including phenoxy) is 1. The van der Waals surface area contributed by atoms with E-state index in [1.54, 1.807) is 42.5 Å². The van der Waals surface area contributed by atoms with Gasteiger partial charge in [-0.2, -0.15) is 0 Å². The van der Waals surface area contributed by atoms with Crippen molar-refractivity contribution in [3.63, 3.8) is 0 Å². The lowest BCUT2D eigenvalue weighted by molar-refractivity contribution is 0.102. The largest absolute Gasteiger partial charge is 0.491 e. The SMILES string of the molecule is CC(C)Oc1cccc(NC(=O)c2cc(NS(=O)(=O)c3ccccc3)ccc2Cl)c1. The zero-order chi connectivity index (χ0) is 21.7. The van der Waals surface area contributed by atoms with E-state index in [4.69, 9.17) is 16.3 Å². The maximum absolute atomic E-state index is 12.7. The minimum atomic E-state index is -3.79. The highest BCUT2D eigenvalue weighted by atomic mass is 35.5. The van der Waals surface area contributed by atoms with Crippen LogP contribution in [0.1, 0.15) is 24.2 Å². The highest BCUT2D eigenvalue weighted by Gasteiger charge is 2.17. The van der Waals surface area contributed by atoms with Crippen LogP contribution in [-0.4, -0.2) is 20.4 Å². The van der Waals surface area contributed by atoms with E-state index in [1.807, 2.05) is 13.8 Å². The summed E-state index contributed by atoms with van der Waals surface area (Å²) >= 11 is 6.18. The number of nitrogens with one attached hydrogen (secondary N) is 2. The molecule has 0 atom stereocenters. The topological polar surface area (TPSA) is 84.5 Å². The smallest absolute Gasteiger partial charge is 0.261 e. The number of amides is 1. The number of benzene rings is 3. The Bertz CT molecular complexity index is 1150. The van der Waals surface area contributed by atoms with E-state index < -0.39 is 15.9 Å². The molecule has 0 fully saturated rings. The first-order chi connectivity index (χ1) is 14.2. The summed E-state index contributed by atoms with van der Waals surface area (Å²) in [5.74, 6) is 0.153. The van der Waals surface area contributed by atoms with E-state index in [0.717, 1.165) is 0 Å². The van der Waals surface area contributed by atoms with Crippen LogP contribution in [0.5, 0.6) is 5.75 Å². The molecule has 0 aromatic heterocycles. The fraction of sp³-hybridized carbons (Fsp3) is 0.136. The van der Waals surface area contributed by atoms with Crippen LogP contribution >= 0.6 is 11.6 Å². The highest BCUT2D eigenvalue weighted by Crippen LogP contribution is 2.25. The predicted octanol–water partition coefficient (Wildman–Crippen LogP) is 5.18. The van der Waals surface area contributed by atoms with Crippen molar-refractivity contribution in [2.75, 3.05) is 10.0 Å². The monoisotopic (exact) mass is 444 g/mol. The maximum Gasteiger partial charge on any atom is 0.261 e. The van der Waals surface area contributed by atoms with E-state index in [0.29, 0.717) is 11.4 Å². The molecule has 3 aromatic carbocycles. The van der Waals surface area contributed by atoms with Crippen molar-refractivity contribution < 1.29 is 17.9 Å². The molecular weight excluding hydrogens is 424 g/mol. The molecule has 0 saturated carbocycles. The van der Waals surface area contributed by atoms with E-state index in [-0.39, 0.29) is 27.3 Å². The Morgan fingerprint density at radius 3 is 2.37 bits per heavy atom. The van der Waals surface area contributed by atoms with Gasteiger partial charge in [0.05, 0.1) is 21.6 Å². The van der Waals surface area contributed by atoms with Crippen LogP contribution in [0.25, 0.3) is 0 Å². The quantitative estimate of drug-likeness (QED) is 0.525. The highest BCUT2D eigenvalue weighted by molar-refractivity contribution is 7.92. The second-order valence-corrected chi connectivity index (χ2v) is 8.85. The number of hydrogen-bond acceptors (Lipinski definition) is 4. The predicted molar refractivity (Wildman–Crippen MR) is 119 cm³/mol. The van der Waals surface area contributed by atoms with Gasteiger partial charge in [0.15, 0.2) is 0 Å². The van der Waals surface area contributed by atoms with E-state index in [2.05, 4.69) is 10.0 Å². The number of halogens is 1. The Morgan fingerprint density at radius 2 is 1.67 bits per heavy atom. The number of carbonyl (C=O) groups excluding carboxylic acids is 1. The zero-order valence-corrected chi connectivity index (χ0v) is 18.0. The molecule has 0 bridgehead atoms. The first kappa shape index (κ1) is 21.7. The first-order valence-electron chi connectivity index (χ1n) is 9.20. The molecular formula is C22H21ClN2O4S. The molecule has 0 heterocycles. The molecule has 3 rings (SSSR count). The molecule has 3 aromatic rings. The Morgan fingerprint density at radius 1 is 0.933 bits per heavy atom. The average Bonchev–Trinajstić information content (AvgIpc) is 2.69. The van der Waals surface area contributed by atoms with Gasteiger partial charge in [-0.25, -0.2) is 8.42 Å². The summed E-state index contributed by atoms with van der Waals surface area (Å²) in [6.07, 6.45) is -0.000263. The van der Waals surface area contributed by atoms with Crippen molar-refractivity contribution in [1.29, 1.82) is 0 Å². The Balaban J connectivity index is 1.81. The molecule has 0 spiro atoms. The van der Waals surface area contributed by atoms with Gasteiger partial charge >= 0.3 is 0 Å². The average molecular weight is 445 g/mol. The third-order valence-corrected chi connectivity index (χ3v) is 5.71. The molecule has 0 aliphatic carbocycles. The number of sulfonamides is 1. The molecule has 156 valence electrons. The molecule has 2 N–H and O–H groups in total. The summed E-state index contributed by atoms with van der Waals surface area (Å²) in [7, 11) is -3.79. The van der Waals surface area contributed by atoms with E-state index >= 15 is 0 Å². The number of carbonyl (C=O) groups is 1. The van der Waals surface area contributed by atoms with Gasteiger partial charge in [0.2, 0.25) is 0 Å². The molecule has 0 radical (unpaired) electrons. The molecule has 1 amide bonds. The fourth-order valence-electron chi connectivity index (χ4n) is 2.69. The molecule has 0 aliphatic rings. The molecule has 30 heavy (non-hydrogen) atoms. The van der Waals surface area contributed by atoms with Gasteiger partial charge in [-0.05, 0) is 56.3 Å². The number of rotatable bonds is 7. The van der Waals surface area contributed by atoms with E-state index in [1.165, 1.54) is 30.3 Å². The van der Waals surface area contributed by atoms with Crippen LogP contribution in [-0.2, 0) is 10.0 Å². The Hall–Kier alpha value is -3.03. The summed E-state index contributed by atoms with van der Waals surface area (Å²) in [5, 5.41) is 2.95. The summed E-state index contributed by atoms with van der Waals surface area (Å²) in [6.45, 7) is 3.82. The van der Waals surface area contributed by atoms with Gasteiger partial charge in [0, 0.05) is 17.4 Å². The normalized spacial score (nSPS) is 11.2. The van der Waals surface area contributed by atoms with Crippen molar-refractivity contribution in [1.82, 2.24) is 0 Å². The van der Waals surface area contributed by atoms with Gasteiger partial charge in [-0.1, -0.05) is 35.9 Å². The summed E-state index contributed by atoms with van der Waals surface area (Å²) in [4.78, 5) is 12.9. The molecule has 0 unspecified atom stereocenters. The lowest BCUT2D eigenvalue weighted by Crippen LogP contribution is -2.15. The minimum absolute atomic E-state index is 0.000263. The summed E-state index contributed by atoms with van der Waals surface area (Å²) < 4.78 is 33.1. The van der Waals surface area contributed by atoms with Crippen molar-refractivity contribution in [2.24, 2.45) is 0 Å². The van der Waals surface area contributed by atoms with Crippen LogP contribution in [0.2, 0.25) is 5.02 Å². The van der Waals surface area contributed by atoms with Crippen LogP contribution in [0.15, 0.2) is 77.7 Å². The molecule has 0 saturated heterocycles. The van der Waals surface area contributed by atoms with Gasteiger partial charge in [-0.15, -0.1) is 0 Å². The van der Waals surface area contributed by atoms with Gasteiger partial charge < -0.3 is 10.1 Å². The van der Waals surface area contributed by atoms with Gasteiger partial charge in [0.1, 0.15) is 5.75 Å². The Labute approximate surface area is 180 Å². The maximum atomic E-state index is 12.7. The standard InChI is InChI=1S/C22H21ClN2O4S/c1-15(2)29-18-8-6-7-16(13-18)24-22(26)20-14-17(11-12-21(20)23)25-30(27,28)19-9-4-3-5-10-19/h3-15,25H,1-2H3,(H,24,26). The van der Waals surface area contributed by atoms with Crippen molar-refractivity contribution in [3.05, 3.63) is 83.4 Å². The minimum Gasteiger partial charge on any atom is -0.491 e. The fourth-order valence-corrected chi connectivity index (χ4v) is 3.97. The van der Waals surface area contributed by atoms with Crippen molar-refractivity contribution in [2.45, 2.75) is 24.8 Å². The molecule has 6 nitrogen and oxygen atoms in total. The third-order valence-electron chi connectivity index (χ3n) is 3.98. The van der Waals surface area contributed by atoms with Crippen LogP contribution in [0, 0.1) is 0 Å². The first-order valence-corrected chi connectivity index (χ1v) is 11.1. The van der Waals surface area contributed by atoms with Crippen molar-refractivity contribution in [3.8, 4) is 5.75 Å².